The molecule has 0 aromatic heterocycles. The summed E-state index contributed by atoms with van der Waals surface area (Å²) in [5, 5.41) is 3.75. The number of benzene rings is 1. The Labute approximate surface area is 116 Å². The molecule has 1 aliphatic rings. The molecule has 1 aromatic rings. The van der Waals surface area contributed by atoms with E-state index in [1.165, 1.54) is 24.9 Å². The minimum atomic E-state index is 0.260. The molecule has 0 spiro atoms. The van der Waals surface area contributed by atoms with Crippen LogP contribution in [0.15, 0.2) is 24.3 Å². The highest BCUT2D eigenvalue weighted by Gasteiger charge is 2.30. The maximum Gasteiger partial charge on any atom is 0.119 e. The minimum absolute atomic E-state index is 0.260. The Hall–Kier alpha value is -1.22. The third kappa shape index (κ3) is 3.21. The molecule has 1 N–H and O–H groups in total. The second-order valence-electron chi connectivity index (χ2n) is 5.39. The highest BCUT2D eigenvalue weighted by Crippen LogP contribution is 2.25. The minimum Gasteiger partial charge on any atom is -0.497 e. The van der Waals surface area contributed by atoms with Crippen molar-refractivity contribution in [2.45, 2.75) is 38.6 Å². The summed E-state index contributed by atoms with van der Waals surface area (Å²) < 4.78 is 5.23. The van der Waals surface area contributed by atoms with E-state index < -0.39 is 0 Å². The predicted molar refractivity (Wildman–Crippen MR) is 81.1 cm³/mol. The summed E-state index contributed by atoms with van der Waals surface area (Å²) in [5.41, 5.74) is 1.56. The molecule has 19 heavy (non-hydrogen) atoms. The normalized spacial score (nSPS) is 19.0. The predicted octanol–water partition coefficient (Wildman–Crippen LogP) is 3.05. The lowest BCUT2D eigenvalue weighted by atomic mass is 9.92. The van der Waals surface area contributed by atoms with E-state index in [4.69, 9.17) is 4.74 Å². The number of methoxy groups -OCH3 is 1. The molecular formula is C16H26N2O. The molecule has 2 rings (SSSR count). The fourth-order valence-corrected chi connectivity index (χ4v) is 2.86. The van der Waals surface area contributed by atoms with Crippen LogP contribution in [0.25, 0.3) is 0 Å². The van der Waals surface area contributed by atoms with E-state index in [1.807, 2.05) is 12.1 Å². The average Bonchev–Trinajstić information content (AvgIpc) is 2.70. The van der Waals surface area contributed by atoms with E-state index in [2.05, 4.69) is 36.2 Å². The Morgan fingerprint density at radius 3 is 2.47 bits per heavy atom. The van der Waals surface area contributed by atoms with Crippen molar-refractivity contribution in [1.82, 2.24) is 5.32 Å². The highest BCUT2D eigenvalue weighted by atomic mass is 16.5. The summed E-state index contributed by atoms with van der Waals surface area (Å²) in [6, 6.07) is 8.43. The van der Waals surface area contributed by atoms with Crippen LogP contribution >= 0.6 is 0 Å². The molecule has 0 saturated carbocycles. The Morgan fingerprint density at radius 2 is 1.89 bits per heavy atom. The fourth-order valence-electron chi connectivity index (χ4n) is 2.86. The molecule has 1 aliphatic heterocycles. The third-order valence-electron chi connectivity index (χ3n) is 4.39. The van der Waals surface area contributed by atoms with Crippen LogP contribution < -0.4 is 15.0 Å². The molecule has 0 aliphatic carbocycles. The van der Waals surface area contributed by atoms with Gasteiger partial charge < -0.3 is 15.0 Å². The first kappa shape index (κ1) is 14.2. The molecule has 106 valence electrons. The van der Waals surface area contributed by atoms with Crippen LogP contribution in [0.2, 0.25) is 0 Å². The van der Waals surface area contributed by atoms with Gasteiger partial charge in [0.05, 0.1) is 7.11 Å². The Morgan fingerprint density at radius 1 is 1.21 bits per heavy atom. The Bertz CT molecular complexity index is 384. The highest BCUT2D eigenvalue weighted by molar-refractivity contribution is 5.49. The number of hydrogen-bond acceptors (Lipinski definition) is 3. The van der Waals surface area contributed by atoms with Crippen molar-refractivity contribution in [1.29, 1.82) is 0 Å². The van der Waals surface area contributed by atoms with E-state index >= 15 is 0 Å². The first-order valence-electron chi connectivity index (χ1n) is 7.37. The lowest BCUT2D eigenvalue weighted by Crippen LogP contribution is -2.50. The van der Waals surface area contributed by atoms with Crippen LogP contribution in [-0.2, 0) is 0 Å². The molecule has 1 fully saturated rings. The van der Waals surface area contributed by atoms with Gasteiger partial charge in [0.2, 0.25) is 0 Å². The smallest absolute Gasteiger partial charge is 0.119 e. The van der Waals surface area contributed by atoms with Gasteiger partial charge in [0.1, 0.15) is 5.75 Å². The zero-order valence-electron chi connectivity index (χ0n) is 12.4. The molecule has 0 radical (unpaired) electrons. The van der Waals surface area contributed by atoms with Crippen LogP contribution in [0.4, 0.5) is 5.69 Å². The van der Waals surface area contributed by atoms with Gasteiger partial charge in [0.25, 0.3) is 0 Å². The zero-order valence-corrected chi connectivity index (χ0v) is 12.4. The summed E-state index contributed by atoms with van der Waals surface area (Å²) >= 11 is 0. The van der Waals surface area contributed by atoms with Crippen LogP contribution in [0, 0.1) is 0 Å². The van der Waals surface area contributed by atoms with Gasteiger partial charge >= 0.3 is 0 Å². The van der Waals surface area contributed by atoms with E-state index in [1.54, 1.807) is 7.11 Å². The van der Waals surface area contributed by atoms with Crippen LogP contribution in [0.1, 0.15) is 33.1 Å². The van der Waals surface area contributed by atoms with Crippen molar-refractivity contribution in [2.24, 2.45) is 0 Å². The first-order valence-corrected chi connectivity index (χ1v) is 7.37. The van der Waals surface area contributed by atoms with Crippen LogP contribution in [0.5, 0.6) is 5.75 Å². The lowest BCUT2D eigenvalue weighted by molar-refractivity contribution is 0.321. The standard InChI is InChI=1S/C16H26N2O/c1-4-16(5-2)13-18(12-6-11-17-16)14-7-9-15(19-3)10-8-14/h7-10,17H,4-6,11-13H2,1-3H3. The zero-order chi connectivity index (χ0) is 13.7. The number of anilines is 1. The molecule has 3 nitrogen and oxygen atoms in total. The largest absolute Gasteiger partial charge is 0.497 e. The van der Waals surface area contributed by atoms with Crippen molar-refractivity contribution in [2.75, 3.05) is 31.6 Å². The molecule has 1 heterocycles. The summed E-state index contributed by atoms with van der Waals surface area (Å²) in [6.45, 7) is 7.91. The molecule has 0 amide bonds. The maximum absolute atomic E-state index is 5.23. The quantitative estimate of drug-likeness (QED) is 0.902. The van der Waals surface area contributed by atoms with Gasteiger partial charge in [-0.25, -0.2) is 0 Å². The van der Waals surface area contributed by atoms with Gasteiger partial charge in [0.15, 0.2) is 0 Å². The molecule has 1 aromatic carbocycles. The topological polar surface area (TPSA) is 24.5 Å². The van der Waals surface area contributed by atoms with E-state index in [9.17, 15) is 0 Å². The number of ether oxygens (including phenoxy) is 1. The summed E-state index contributed by atoms with van der Waals surface area (Å²) in [6.07, 6.45) is 3.56. The van der Waals surface area contributed by atoms with Gasteiger partial charge in [0, 0.05) is 24.3 Å². The fraction of sp³-hybridized carbons (Fsp3) is 0.625. The van der Waals surface area contributed by atoms with E-state index in [0.29, 0.717) is 0 Å². The van der Waals surface area contributed by atoms with E-state index in [-0.39, 0.29) is 5.54 Å². The van der Waals surface area contributed by atoms with Crippen molar-refractivity contribution >= 4 is 5.69 Å². The number of nitrogens with one attached hydrogen (secondary N) is 1. The molecule has 0 atom stereocenters. The average molecular weight is 262 g/mol. The van der Waals surface area contributed by atoms with E-state index in [0.717, 1.165) is 25.4 Å². The first-order chi connectivity index (χ1) is 9.23. The van der Waals surface area contributed by atoms with Crippen molar-refractivity contribution in [3.63, 3.8) is 0 Å². The van der Waals surface area contributed by atoms with Crippen molar-refractivity contribution in [3.8, 4) is 5.75 Å². The second kappa shape index (κ2) is 6.29. The Balaban J connectivity index is 2.17. The number of nitrogens with zero attached hydrogens (tertiary/aromatic N) is 1. The number of rotatable bonds is 4. The molecule has 3 heteroatoms. The lowest BCUT2D eigenvalue weighted by Gasteiger charge is -2.36. The monoisotopic (exact) mass is 262 g/mol. The third-order valence-corrected chi connectivity index (χ3v) is 4.39. The van der Waals surface area contributed by atoms with Crippen LogP contribution in [-0.4, -0.2) is 32.3 Å². The van der Waals surface area contributed by atoms with Gasteiger partial charge in [-0.2, -0.15) is 0 Å². The van der Waals surface area contributed by atoms with Gasteiger partial charge in [-0.3, -0.25) is 0 Å². The molecule has 1 saturated heterocycles. The number of hydrogen-bond donors (Lipinski definition) is 1. The molecule has 0 unspecified atom stereocenters. The van der Waals surface area contributed by atoms with Crippen molar-refractivity contribution in [3.05, 3.63) is 24.3 Å². The van der Waals surface area contributed by atoms with Crippen molar-refractivity contribution < 1.29 is 4.74 Å². The van der Waals surface area contributed by atoms with Gasteiger partial charge in [-0.15, -0.1) is 0 Å². The van der Waals surface area contributed by atoms with Gasteiger partial charge in [-0.05, 0) is 50.1 Å². The Kier molecular flexibility index (Phi) is 4.70. The second-order valence-corrected chi connectivity index (χ2v) is 5.39. The maximum atomic E-state index is 5.23. The summed E-state index contributed by atoms with van der Waals surface area (Å²) in [4.78, 5) is 2.51. The van der Waals surface area contributed by atoms with Crippen LogP contribution in [0.3, 0.4) is 0 Å². The summed E-state index contributed by atoms with van der Waals surface area (Å²) in [7, 11) is 1.71. The summed E-state index contributed by atoms with van der Waals surface area (Å²) in [5.74, 6) is 0.925. The SMILES string of the molecule is CCC1(CC)CN(c2ccc(OC)cc2)CCCN1. The molecular weight excluding hydrogens is 236 g/mol. The van der Waals surface area contributed by atoms with Gasteiger partial charge in [-0.1, -0.05) is 13.8 Å². The molecule has 0 bridgehead atoms.